The fourth-order valence-electron chi connectivity index (χ4n) is 8.57. The van der Waals surface area contributed by atoms with Crippen molar-refractivity contribution < 1.29 is 4.42 Å². The lowest BCUT2D eigenvalue weighted by atomic mass is 9.97. The van der Waals surface area contributed by atoms with Crippen LogP contribution in [0.2, 0.25) is 0 Å². The number of fused-ring (bicyclic) bond motifs is 5. The number of hydrogen-bond donors (Lipinski definition) is 0. The van der Waals surface area contributed by atoms with Crippen LogP contribution in [0, 0.1) is 0 Å². The van der Waals surface area contributed by atoms with Gasteiger partial charge in [0.05, 0.1) is 0 Å². The van der Waals surface area contributed by atoms with Gasteiger partial charge in [0.15, 0.2) is 0 Å². The average molecular weight is 740 g/mol. The van der Waals surface area contributed by atoms with Crippen molar-refractivity contribution in [3.63, 3.8) is 0 Å². The summed E-state index contributed by atoms with van der Waals surface area (Å²) in [4.78, 5) is 2.36. The molecule has 11 aromatic rings. The maximum absolute atomic E-state index is 6.24. The summed E-state index contributed by atoms with van der Waals surface area (Å²) in [5.74, 6) is 0. The summed E-state index contributed by atoms with van der Waals surface area (Å²) < 4.78 is 6.24. The summed E-state index contributed by atoms with van der Waals surface area (Å²) in [6, 6.07) is 80.7. The number of para-hydroxylation sites is 1. The number of anilines is 3. The minimum atomic E-state index is 0.901. The molecule has 0 fully saturated rings. The van der Waals surface area contributed by atoms with E-state index in [-0.39, 0.29) is 0 Å². The van der Waals surface area contributed by atoms with Crippen LogP contribution in [0.1, 0.15) is 0 Å². The second kappa shape index (κ2) is 14.1. The van der Waals surface area contributed by atoms with Crippen molar-refractivity contribution in [2.45, 2.75) is 0 Å². The van der Waals surface area contributed by atoms with Crippen molar-refractivity contribution in [3.05, 3.63) is 224 Å². The number of hydrogen-bond acceptors (Lipinski definition) is 2. The minimum Gasteiger partial charge on any atom is -0.456 e. The van der Waals surface area contributed by atoms with Crippen LogP contribution in [0.5, 0.6) is 0 Å². The predicted molar refractivity (Wildman–Crippen MR) is 245 cm³/mol. The molecule has 0 N–H and O–H groups in total. The summed E-state index contributed by atoms with van der Waals surface area (Å²) in [5.41, 5.74) is 14.6. The summed E-state index contributed by atoms with van der Waals surface area (Å²) in [5, 5.41) is 7.27. The number of benzene rings is 10. The first-order valence-electron chi connectivity index (χ1n) is 19.8. The normalized spacial score (nSPS) is 11.4. The second-order valence-corrected chi connectivity index (χ2v) is 14.9. The molecule has 0 unspecified atom stereocenters. The highest BCUT2D eigenvalue weighted by Gasteiger charge is 2.17. The van der Waals surface area contributed by atoms with Crippen molar-refractivity contribution in [3.8, 4) is 44.5 Å². The Morgan fingerprint density at radius 3 is 1.59 bits per heavy atom. The van der Waals surface area contributed by atoms with E-state index in [0.29, 0.717) is 0 Å². The summed E-state index contributed by atoms with van der Waals surface area (Å²) in [6.45, 7) is 0. The first-order valence-corrected chi connectivity index (χ1v) is 19.8. The molecule has 0 atom stereocenters. The molecule has 0 bridgehead atoms. The van der Waals surface area contributed by atoms with Gasteiger partial charge in [0.1, 0.15) is 11.2 Å². The number of rotatable bonds is 7. The Bertz CT molecular complexity index is 3260. The third-order valence-corrected chi connectivity index (χ3v) is 11.5. The van der Waals surface area contributed by atoms with E-state index in [2.05, 4.69) is 217 Å². The van der Waals surface area contributed by atoms with Crippen LogP contribution >= 0.6 is 0 Å². The SMILES string of the molecule is c1cc(-c2cccc3ccccc23)cc(N(c2ccc(-c3ccc(-c4ccc5ccccc5c4)cc3)cc2)c2ccc(-c3cccc4oc5ccccc5c34)cc2)c1. The first-order chi connectivity index (χ1) is 28.7. The lowest BCUT2D eigenvalue weighted by molar-refractivity contribution is 0.669. The van der Waals surface area contributed by atoms with Gasteiger partial charge in [-0.3, -0.25) is 0 Å². The van der Waals surface area contributed by atoms with Gasteiger partial charge < -0.3 is 9.32 Å². The second-order valence-electron chi connectivity index (χ2n) is 14.9. The molecule has 272 valence electrons. The molecule has 0 saturated heterocycles. The van der Waals surface area contributed by atoms with Gasteiger partial charge >= 0.3 is 0 Å². The Kier molecular flexibility index (Phi) is 8.19. The van der Waals surface area contributed by atoms with Crippen molar-refractivity contribution in [1.82, 2.24) is 0 Å². The van der Waals surface area contributed by atoms with E-state index in [1.54, 1.807) is 0 Å². The Hall–Kier alpha value is -7.68. The van der Waals surface area contributed by atoms with Gasteiger partial charge in [-0.2, -0.15) is 0 Å². The van der Waals surface area contributed by atoms with Gasteiger partial charge in [0.25, 0.3) is 0 Å². The molecule has 1 aromatic heterocycles. The zero-order valence-electron chi connectivity index (χ0n) is 31.7. The molecule has 0 aliphatic heterocycles. The quantitative estimate of drug-likeness (QED) is 0.162. The van der Waals surface area contributed by atoms with E-state index < -0.39 is 0 Å². The van der Waals surface area contributed by atoms with E-state index in [9.17, 15) is 0 Å². The Morgan fingerprint density at radius 2 is 0.810 bits per heavy atom. The summed E-state index contributed by atoms with van der Waals surface area (Å²) in [7, 11) is 0. The molecule has 0 saturated carbocycles. The minimum absolute atomic E-state index is 0.901. The van der Waals surface area contributed by atoms with Crippen molar-refractivity contribution >= 4 is 60.5 Å². The maximum atomic E-state index is 6.24. The molecule has 1 heterocycles. The zero-order chi connectivity index (χ0) is 38.4. The van der Waals surface area contributed by atoms with Crippen LogP contribution in [0.15, 0.2) is 229 Å². The summed E-state index contributed by atoms with van der Waals surface area (Å²) >= 11 is 0. The standard InChI is InChI=1S/C56H37NO/c1-2-12-44-36-45(27-26-38(44)10-1)41-24-22-39(23-25-41)40-28-32-47(33-29-40)57(49-15-7-14-46(37-49)51-18-8-13-42-11-3-4-16-50(42)51)48-34-30-43(31-35-48)52-19-9-21-55-56(52)53-17-5-6-20-54(53)58-55/h1-37H. The smallest absolute Gasteiger partial charge is 0.136 e. The Balaban J connectivity index is 0.975. The van der Waals surface area contributed by atoms with Crippen molar-refractivity contribution in [2.75, 3.05) is 4.90 Å². The van der Waals surface area contributed by atoms with E-state index in [1.807, 2.05) is 12.1 Å². The monoisotopic (exact) mass is 739 g/mol. The molecule has 0 radical (unpaired) electrons. The predicted octanol–water partition coefficient (Wildman–Crippen LogP) is 16.0. The fraction of sp³-hybridized carbons (Fsp3) is 0. The van der Waals surface area contributed by atoms with Gasteiger partial charge in [0, 0.05) is 27.8 Å². The molecule has 58 heavy (non-hydrogen) atoms. The van der Waals surface area contributed by atoms with Gasteiger partial charge in [-0.25, -0.2) is 0 Å². The number of nitrogens with zero attached hydrogens (tertiary/aromatic N) is 1. The molecular formula is C56H37NO. The third kappa shape index (κ3) is 6.00. The molecule has 0 aliphatic carbocycles. The van der Waals surface area contributed by atoms with Crippen molar-refractivity contribution in [2.24, 2.45) is 0 Å². The fourth-order valence-corrected chi connectivity index (χ4v) is 8.57. The molecule has 0 spiro atoms. The van der Waals surface area contributed by atoms with Crippen LogP contribution in [0.3, 0.4) is 0 Å². The van der Waals surface area contributed by atoms with Crippen LogP contribution in [0.25, 0.3) is 88.0 Å². The molecule has 2 nitrogen and oxygen atoms in total. The van der Waals surface area contributed by atoms with Gasteiger partial charge in [-0.05, 0) is 121 Å². The molecule has 10 aromatic carbocycles. The Labute approximate surface area is 337 Å². The molecule has 11 rings (SSSR count). The van der Waals surface area contributed by atoms with Crippen LogP contribution in [-0.2, 0) is 0 Å². The highest BCUT2D eigenvalue weighted by molar-refractivity contribution is 6.12. The van der Waals surface area contributed by atoms with Gasteiger partial charge in [-0.1, -0.05) is 170 Å². The highest BCUT2D eigenvalue weighted by Crippen LogP contribution is 2.41. The molecule has 0 amide bonds. The summed E-state index contributed by atoms with van der Waals surface area (Å²) in [6.07, 6.45) is 0. The molecule has 0 aliphatic rings. The van der Waals surface area contributed by atoms with Gasteiger partial charge in [0.2, 0.25) is 0 Å². The highest BCUT2D eigenvalue weighted by atomic mass is 16.3. The number of furan rings is 1. The van der Waals surface area contributed by atoms with E-state index in [1.165, 1.54) is 54.9 Å². The topological polar surface area (TPSA) is 16.4 Å². The van der Waals surface area contributed by atoms with E-state index in [0.717, 1.165) is 50.1 Å². The van der Waals surface area contributed by atoms with E-state index >= 15 is 0 Å². The molecular weight excluding hydrogens is 703 g/mol. The lowest BCUT2D eigenvalue weighted by Gasteiger charge is -2.26. The maximum Gasteiger partial charge on any atom is 0.136 e. The van der Waals surface area contributed by atoms with Gasteiger partial charge in [-0.15, -0.1) is 0 Å². The zero-order valence-corrected chi connectivity index (χ0v) is 31.7. The van der Waals surface area contributed by atoms with Crippen LogP contribution < -0.4 is 4.90 Å². The largest absolute Gasteiger partial charge is 0.456 e. The Morgan fingerprint density at radius 1 is 0.276 bits per heavy atom. The van der Waals surface area contributed by atoms with Crippen LogP contribution in [0.4, 0.5) is 17.1 Å². The first kappa shape index (κ1) is 33.6. The molecule has 2 heteroatoms. The lowest BCUT2D eigenvalue weighted by Crippen LogP contribution is -2.10. The van der Waals surface area contributed by atoms with E-state index in [4.69, 9.17) is 4.42 Å². The third-order valence-electron chi connectivity index (χ3n) is 11.5. The average Bonchev–Trinajstić information content (AvgIpc) is 3.69. The van der Waals surface area contributed by atoms with Crippen LogP contribution in [-0.4, -0.2) is 0 Å². The van der Waals surface area contributed by atoms with Crippen molar-refractivity contribution in [1.29, 1.82) is 0 Å².